The van der Waals surface area contributed by atoms with Crippen LogP contribution in [0.25, 0.3) is 0 Å². The Bertz CT molecular complexity index is 1080. The van der Waals surface area contributed by atoms with Crippen LogP contribution in [0.4, 0.5) is 29.0 Å². The molecule has 0 aliphatic heterocycles. The molecule has 0 atom stereocenters. The van der Waals surface area contributed by atoms with Crippen molar-refractivity contribution in [2.24, 2.45) is 5.92 Å². The maximum Gasteiger partial charge on any atom is 0.229 e. The fraction of sp³-hybridized carbons (Fsp3) is 0.300. The standard InChI is InChI=1S/C20H21BrClN7O/c1-10(2)19(30)24-12-5-6-14(22)16(7-12)25-20-23-9-13(21)18(27-20)26-17-8-15(28-29-17)11-3-4-11/h5-11H,3-4H2,1-2H3,(H,24,30)(H3,23,25,26,27,28,29). The van der Waals surface area contributed by atoms with Crippen LogP contribution in [-0.4, -0.2) is 26.1 Å². The maximum atomic E-state index is 12.0. The molecule has 2 aromatic heterocycles. The van der Waals surface area contributed by atoms with E-state index >= 15 is 0 Å². The van der Waals surface area contributed by atoms with E-state index in [1.165, 1.54) is 12.8 Å². The van der Waals surface area contributed by atoms with Gasteiger partial charge in [-0.1, -0.05) is 25.4 Å². The number of hydrogen-bond acceptors (Lipinski definition) is 6. The third kappa shape index (κ3) is 4.91. The van der Waals surface area contributed by atoms with Crippen LogP contribution < -0.4 is 16.0 Å². The summed E-state index contributed by atoms with van der Waals surface area (Å²) in [5, 5.41) is 17.0. The monoisotopic (exact) mass is 489 g/mol. The average Bonchev–Trinajstić information content (AvgIpc) is 3.46. The van der Waals surface area contributed by atoms with Gasteiger partial charge in [0.1, 0.15) is 0 Å². The van der Waals surface area contributed by atoms with Gasteiger partial charge >= 0.3 is 0 Å². The lowest BCUT2D eigenvalue weighted by atomic mass is 10.2. The molecule has 1 aromatic carbocycles. The van der Waals surface area contributed by atoms with Crippen molar-refractivity contribution in [3.63, 3.8) is 0 Å². The topological polar surface area (TPSA) is 108 Å². The average molecular weight is 491 g/mol. The Morgan fingerprint density at radius 3 is 2.80 bits per heavy atom. The Labute approximate surface area is 187 Å². The first-order valence-electron chi connectivity index (χ1n) is 9.61. The van der Waals surface area contributed by atoms with Gasteiger partial charge in [-0.25, -0.2) is 4.98 Å². The van der Waals surface area contributed by atoms with E-state index in [4.69, 9.17) is 11.6 Å². The van der Waals surface area contributed by atoms with E-state index < -0.39 is 0 Å². The first-order valence-corrected chi connectivity index (χ1v) is 10.8. The van der Waals surface area contributed by atoms with Gasteiger partial charge in [-0.2, -0.15) is 10.1 Å². The molecule has 1 fully saturated rings. The van der Waals surface area contributed by atoms with E-state index in [0.29, 0.717) is 44.4 Å². The minimum Gasteiger partial charge on any atom is -0.326 e. The van der Waals surface area contributed by atoms with Gasteiger partial charge in [0.05, 0.1) is 15.2 Å². The second-order valence-electron chi connectivity index (χ2n) is 7.46. The van der Waals surface area contributed by atoms with Gasteiger partial charge in [0.25, 0.3) is 0 Å². The third-order valence-corrected chi connectivity index (χ3v) is 5.52. The molecule has 156 valence electrons. The SMILES string of the molecule is CC(C)C(=O)Nc1ccc(Cl)c(Nc2ncc(Br)c(Nc3cc(C4CC4)[nH]n3)n2)c1. The lowest BCUT2D eigenvalue weighted by Gasteiger charge is -2.12. The Kier molecular flexibility index (Phi) is 5.92. The number of benzene rings is 1. The predicted octanol–water partition coefficient (Wildman–Crippen LogP) is 5.57. The Morgan fingerprint density at radius 2 is 2.07 bits per heavy atom. The number of nitrogens with zero attached hydrogens (tertiary/aromatic N) is 3. The zero-order chi connectivity index (χ0) is 21.3. The third-order valence-electron chi connectivity index (χ3n) is 4.61. The van der Waals surface area contributed by atoms with Crippen molar-refractivity contribution in [3.05, 3.63) is 45.7 Å². The molecule has 1 aliphatic carbocycles. The molecule has 0 bridgehead atoms. The number of amides is 1. The van der Waals surface area contributed by atoms with Crippen LogP contribution in [0.1, 0.15) is 38.3 Å². The van der Waals surface area contributed by atoms with Crippen LogP contribution in [-0.2, 0) is 4.79 Å². The molecular weight excluding hydrogens is 470 g/mol. The number of aromatic amines is 1. The molecule has 4 rings (SSSR count). The summed E-state index contributed by atoms with van der Waals surface area (Å²) < 4.78 is 0.702. The van der Waals surface area contributed by atoms with Gasteiger partial charge in [0.15, 0.2) is 11.6 Å². The number of aromatic nitrogens is 4. The Balaban J connectivity index is 1.51. The molecule has 10 heteroatoms. The maximum absolute atomic E-state index is 12.0. The van der Waals surface area contributed by atoms with Gasteiger partial charge in [0.2, 0.25) is 11.9 Å². The van der Waals surface area contributed by atoms with Crippen LogP contribution in [0.2, 0.25) is 5.02 Å². The highest BCUT2D eigenvalue weighted by Crippen LogP contribution is 2.40. The quantitative estimate of drug-likeness (QED) is 0.345. The highest BCUT2D eigenvalue weighted by molar-refractivity contribution is 9.10. The van der Waals surface area contributed by atoms with Crippen LogP contribution in [0, 0.1) is 5.92 Å². The summed E-state index contributed by atoms with van der Waals surface area (Å²) in [6, 6.07) is 7.20. The molecule has 30 heavy (non-hydrogen) atoms. The van der Waals surface area contributed by atoms with Crippen molar-refractivity contribution in [3.8, 4) is 0 Å². The molecule has 0 spiro atoms. The lowest BCUT2D eigenvalue weighted by Crippen LogP contribution is -2.17. The number of hydrogen-bond donors (Lipinski definition) is 4. The summed E-state index contributed by atoms with van der Waals surface area (Å²) in [6.07, 6.45) is 4.04. The van der Waals surface area contributed by atoms with E-state index in [9.17, 15) is 4.79 Å². The van der Waals surface area contributed by atoms with Gasteiger partial charge in [-0.3, -0.25) is 9.89 Å². The fourth-order valence-corrected chi connectivity index (χ4v) is 3.20. The number of H-pyrrole nitrogens is 1. The van der Waals surface area contributed by atoms with Crippen molar-refractivity contribution in [2.75, 3.05) is 16.0 Å². The van der Waals surface area contributed by atoms with Gasteiger partial charge in [-0.05, 0) is 47.0 Å². The highest BCUT2D eigenvalue weighted by atomic mass is 79.9. The minimum atomic E-state index is -0.122. The highest BCUT2D eigenvalue weighted by Gasteiger charge is 2.25. The summed E-state index contributed by atoms with van der Waals surface area (Å²) in [6.45, 7) is 3.67. The van der Waals surface area contributed by atoms with E-state index in [1.54, 1.807) is 24.4 Å². The predicted molar refractivity (Wildman–Crippen MR) is 122 cm³/mol. The van der Waals surface area contributed by atoms with Crippen LogP contribution >= 0.6 is 27.5 Å². The number of anilines is 5. The van der Waals surface area contributed by atoms with Crippen molar-refractivity contribution in [1.82, 2.24) is 20.2 Å². The van der Waals surface area contributed by atoms with Crippen molar-refractivity contribution >= 4 is 62.4 Å². The van der Waals surface area contributed by atoms with Crippen LogP contribution in [0.5, 0.6) is 0 Å². The molecule has 0 unspecified atom stereocenters. The summed E-state index contributed by atoms with van der Waals surface area (Å²) in [5.41, 5.74) is 2.36. The Morgan fingerprint density at radius 1 is 1.27 bits per heavy atom. The zero-order valence-electron chi connectivity index (χ0n) is 16.5. The molecule has 0 radical (unpaired) electrons. The lowest BCUT2D eigenvalue weighted by molar-refractivity contribution is -0.118. The number of carbonyl (C=O) groups excluding carboxylic acids is 1. The fourth-order valence-electron chi connectivity index (χ4n) is 2.75. The molecule has 4 N–H and O–H groups in total. The Hall–Kier alpha value is -2.65. The summed E-state index contributed by atoms with van der Waals surface area (Å²) >= 11 is 9.78. The van der Waals surface area contributed by atoms with Crippen molar-refractivity contribution in [1.29, 1.82) is 0 Å². The zero-order valence-corrected chi connectivity index (χ0v) is 18.8. The van der Waals surface area contributed by atoms with E-state index in [0.717, 1.165) is 5.69 Å². The number of carbonyl (C=O) groups is 1. The number of rotatable bonds is 7. The van der Waals surface area contributed by atoms with Crippen LogP contribution in [0.3, 0.4) is 0 Å². The largest absolute Gasteiger partial charge is 0.326 e. The summed E-state index contributed by atoms with van der Waals surface area (Å²) in [4.78, 5) is 20.8. The van der Waals surface area contributed by atoms with Gasteiger partial charge in [-0.15, -0.1) is 0 Å². The molecular formula is C20H21BrClN7O. The molecule has 8 nitrogen and oxygen atoms in total. The van der Waals surface area contributed by atoms with Crippen molar-refractivity contribution in [2.45, 2.75) is 32.6 Å². The van der Waals surface area contributed by atoms with Crippen molar-refractivity contribution < 1.29 is 4.79 Å². The van der Waals surface area contributed by atoms with Crippen LogP contribution in [0.15, 0.2) is 34.9 Å². The smallest absolute Gasteiger partial charge is 0.229 e. The second-order valence-corrected chi connectivity index (χ2v) is 8.72. The summed E-state index contributed by atoms with van der Waals surface area (Å²) in [5.74, 6) is 2.01. The minimum absolute atomic E-state index is 0.0702. The van der Waals surface area contributed by atoms with Gasteiger partial charge < -0.3 is 16.0 Å². The number of nitrogens with one attached hydrogen (secondary N) is 4. The van der Waals surface area contributed by atoms with E-state index in [2.05, 4.69) is 52.0 Å². The normalized spacial score (nSPS) is 13.4. The first kappa shape index (κ1) is 20.6. The second kappa shape index (κ2) is 8.61. The first-order chi connectivity index (χ1) is 14.4. The number of halogens is 2. The van der Waals surface area contributed by atoms with E-state index in [-0.39, 0.29) is 11.8 Å². The molecule has 3 aromatic rings. The molecule has 2 heterocycles. The molecule has 1 amide bonds. The molecule has 0 saturated heterocycles. The molecule has 1 aliphatic rings. The summed E-state index contributed by atoms with van der Waals surface area (Å²) in [7, 11) is 0. The van der Waals surface area contributed by atoms with Gasteiger partial charge in [0, 0.05) is 35.5 Å². The van der Waals surface area contributed by atoms with E-state index in [1.807, 2.05) is 19.9 Å². The molecule has 1 saturated carbocycles.